The summed E-state index contributed by atoms with van der Waals surface area (Å²) in [5.41, 5.74) is 1.63. The molecule has 1 aromatic carbocycles. The Labute approximate surface area is 114 Å². The molecule has 5 heteroatoms. The highest BCUT2D eigenvalue weighted by molar-refractivity contribution is 5.81. The van der Waals surface area contributed by atoms with Crippen molar-refractivity contribution in [1.82, 2.24) is 9.97 Å². The number of aryl methyl sites for hydroxylation is 1. The van der Waals surface area contributed by atoms with Crippen molar-refractivity contribution in [1.29, 1.82) is 0 Å². The molecule has 0 unspecified atom stereocenters. The molecule has 3 rings (SSSR count). The first-order valence-electron chi connectivity index (χ1n) is 6.38. The monoisotopic (exact) mass is 270 g/mol. The van der Waals surface area contributed by atoms with E-state index in [2.05, 4.69) is 9.97 Å². The van der Waals surface area contributed by atoms with E-state index in [1.807, 2.05) is 30.3 Å². The number of nitrogens with one attached hydrogen (secondary N) is 1. The van der Waals surface area contributed by atoms with Crippen molar-refractivity contribution in [3.63, 3.8) is 0 Å². The van der Waals surface area contributed by atoms with Gasteiger partial charge in [-0.3, -0.25) is 4.79 Å². The topological polar surface area (TPSA) is 79.1 Å². The Balaban J connectivity index is 2.12. The zero-order chi connectivity index (χ0) is 14.1. The average molecular weight is 270 g/mol. The van der Waals surface area contributed by atoms with Crippen LogP contribution in [0.4, 0.5) is 0 Å². The molecule has 0 bridgehead atoms. The van der Waals surface area contributed by atoms with Gasteiger partial charge in [0.1, 0.15) is 5.58 Å². The van der Waals surface area contributed by atoms with Gasteiger partial charge in [-0.15, -0.1) is 0 Å². The largest absolute Gasteiger partial charge is 0.453 e. The highest BCUT2D eigenvalue weighted by Crippen LogP contribution is 2.25. The number of fused-ring (bicyclic) bond motifs is 1. The van der Waals surface area contributed by atoms with Crippen LogP contribution in [0.25, 0.3) is 22.6 Å². The Bertz CT molecular complexity index is 784. The lowest BCUT2D eigenvalue weighted by atomic mass is 10.2. The lowest BCUT2D eigenvalue weighted by molar-refractivity contribution is 0.298. The first-order chi connectivity index (χ1) is 9.69. The van der Waals surface area contributed by atoms with E-state index in [0.717, 1.165) is 11.0 Å². The number of hydrogen-bond donors (Lipinski definition) is 2. The number of benzene rings is 1. The van der Waals surface area contributed by atoms with E-state index in [1.165, 1.54) is 0 Å². The number of rotatable bonds is 3. The summed E-state index contributed by atoms with van der Waals surface area (Å²) in [6, 6.07) is 9.46. The van der Waals surface area contributed by atoms with Crippen molar-refractivity contribution < 1.29 is 9.52 Å². The van der Waals surface area contributed by atoms with E-state index in [9.17, 15) is 4.79 Å². The van der Waals surface area contributed by atoms with E-state index in [1.54, 1.807) is 6.92 Å². The van der Waals surface area contributed by atoms with Gasteiger partial charge in [-0.05, 0) is 19.1 Å². The van der Waals surface area contributed by atoms with Gasteiger partial charge in [-0.1, -0.05) is 18.2 Å². The quantitative estimate of drug-likeness (QED) is 0.763. The molecule has 0 amide bonds. The minimum absolute atomic E-state index is 0.0738. The molecule has 2 N–H and O–H groups in total. The van der Waals surface area contributed by atoms with E-state index in [-0.39, 0.29) is 12.2 Å². The fourth-order valence-electron chi connectivity index (χ4n) is 2.23. The molecule has 0 spiro atoms. The second-order valence-electron chi connectivity index (χ2n) is 4.60. The number of H-pyrrole nitrogens is 1. The molecule has 2 aromatic heterocycles. The third-order valence-corrected chi connectivity index (χ3v) is 3.24. The smallest absolute Gasteiger partial charge is 0.254 e. The van der Waals surface area contributed by atoms with Crippen LogP contribution < -0.4 is 5.56 Å². The second kappa shape index (κ2) is 4.94. The molecule has 2 heterocycles. The maximum atomic E-state index is 12.0. The van der Waals surface area contributed by atoms with Gasteiger partial charge < -0.3 is 14.5 Å². The van der Waals surface area contributed by atoms with Crippen molar-refractivity contribution in [2.45, 2.75) is 13.3 Å². The van der Waals surface area contributed by atoms with Gasteiger partial charge in [-0.2, -0.15) is 0 Å². The second-order valence-corrected chi connectivity index (χ2v) is 4.60. The van der Waals surface area contributed by atoms with E-state index < -0.39 is 0 Å². The van der Waals surface area contributed by atoms with Crippen molar-refractivity contribution in [3.05, 3.63) is 51.9 Å². The Morgan fingerprint density at radius 3 is 2.85 bits per heavy atom. The normalized spacial score (nSPS) is 11.1. The number of para-hydroxylation sites is 1. The maximum absolute atomic E-state index is 12.0. The molecule has 0 saturated carbocycles. The number of hydrogen-bond acceptors (Lipinski definition) is 4. The van der Waals surface area contributed by atoms with E-state index >= 15 is 0 Å². The molecule has 20 heavy (non-hydrogen) atoms. The van der Waals surface area contributed by atoms with Crippen LogP contribution in [0.15, 0.2) is 39.5 Å². The Hall–Kier alpha value is -2.40. The number of nitrogens with zero attached hydrogens (tertiary/aromatic N) is 1. The first kappa shape index (κ1) is 12.6. The minimum atomic E-state index is -0.234. The summed E-state index contributed by atoms with van der Waals surface area (Å²) in [6.07, 6.45) is 0.300. The number of aromatic amines is 1. The summed E-state index contributed by atoms with van der Waals surface area (Å²) in [6.45, 7) is 1.68. The summed E-state index contributed by atoms with van der Waals surface area (Å²) >= 11 is 0. The van der Waals surface area contributed by atoms with Crippen molar-refractivity contribution in [2.24, 2.45) is 0 Å². The molecule has 5 nitrogen and oxygen atoms in total. The standard InChI is InChI=1S/C15H14N2O3/c1-9-11(6-7-18)15(19)17-14(16-9)13-8-10-4-2-3-5-12(10)20-13/h2-5,8,18H,6-7H2,1H3,(H,16,17,19). The fourth-order valence-corrected chi connectivity index (χ4v) is 2.23. The van der Waals surface area contributed by atoms with Crippen molar-refractivity contribution >= 4 is 11.0 Å². The lowest BCUT2D eigenvalue weighted by Crippen LogP contribution is -2.18. The van der Waals surface area contributed by atoms with Gasteiger partial charge in [0, 0.05) is 29.7 Å². The fraction of sp³-hybridized carbons (Fsp3) is 0.200. The van der Waals surface area contributed by atoms with Gasteiger partial charge in [0.05, 0.1) is 0 Å². The van der Waals surface area contributed by atoms with Crippen LogP contribution in [0.5, 0.6) is 0 Å². The molecular formula is C15H14N2O3. The summed E-state index contributed by atoms with van der Waals surface area (Å²) < 4.78 is 5.68. The average Bonchev–Trinajstić information content (AvgIpc) is 2.86. The molecule has 0 fully saturated rings. The molecular weight excluding hydrogens is 256 g/mol. The molecule has 3 aromatic rings. The molecule has 0 saturated heterocycles. The van der Waals surface area contributed by atoms with Gasteiger partial charge in [0.25, 0.3) is 5.56 Å². The zero-order valence-electron chi connectivity index (χ0n) is 11.0. The van der Waals surface area contributed by atoms with Crippen LogP contribution in [-0.4, -0.2) is 21.7 Å². The summed E-state index contributed by atoms with van der Waals surface area (Å²) in [5.74, 6) is 0.937. The molecule has 0 aliphatic heterocycles. The zero-order valence-corrected chi connectivity index (χ0v) is 11.0. The molecule has 0 aliphatic rings. The highest BCUT2D eigenvalue weighted by atomic mass is 16.3. The summed E-state index contributed by atoms with van der Waals surface area (Å²) in [7, 11) is 0. The van der Waals surface area contributed by atoms with Crippen molar-refractivity contribution in [3.8, 4) is 11.6 Å². The van der Waals surface area contributed by atoms with Crippen LogP contribution in [-0.2, 0) is 6.42 Å². The third-order valence-electron chi connectivity index (χ3n) is 3.24. The number of furan rings is 1. The highest BCUT2D eigenvalue weighted by Gasteiger charge is 2.12. The maximum Gasteiger partial charge on any atom is 0.254 e. The van der Waals surface area contributed by atoms with Gasteiger partial charge in [0.15, 0.2) is 11.6 Å². The van der Waals surface area contributed by atoms with Crippen LogP contribution in [0.1, 0.15) is 11.3 Å². The predicted octanol–water partition coefficient (Wildman–Crippen LogP) is 2.03. The third kappa shape index (κ3) is 2.12. The molecule has 0 atom stereocenters. The van der Waals surface area contributed by atoms with Crippen LogP contribution in [0.2, 0.25) is 0 Å². The number of aliphatic hydroxyl groups is 1. The van der Waals surface area contributed by atoms with Gasteiger partial charge in [-0.25, -0.2) is 4.98 Å². The predicted molar refractivity (Wildman–Crippen MR) is 75.6 cm³/mol. The van der Waals surface area contributed by atoms with Crippen LogP contribution in [0.3, 0.4) is 0 Å². The van der Waals surface area contributed by atoms with Gasteiger partial charge in [0.2, 0.25) is 0 Å². The number of aromatic nitrogens is 2. The van der Waals surface area contributed by atoms with Crippen molar-refractivity contribution in [2.75, 3.05) is 6.61 Å². The first-order valence-corrected chi connectivity index (χ1v) is 6.38. The summed E-state index contributed by atoms with van der Waals surface area (Å²) in [5, 5.41) is 9.91. The Morgan fingerprint density at radius 2 is 2.15 bits per heavy atom. The lowest BCUT2D eigenvalue weighted by Gasteiger charge is -2.04. The molecule has 0 aliphatic carbocycles. The summed E-state index contributed by atoms with van der Waals surface area (Å²) in [4.78, 5) is 19.1. The van der Waals surface area contributed by atoms with E-state index in [0.29, 0.717) is 29.3 Å². The van der Waals surface area contributed by atoms with E-state index in [4.69, 9.17) is 9.52 Å². The van der Waals surface area contributed by atoms with Crippen LogP contribution >= 0.6 is 0 Å². The van der Waals surface area contributed by atoms with Gasteiger partial charge >= 0.3 is 0 Å². The SMILES string of the molecule is Cc1nc(-c2cc3ccccc3o2)[nH]c(=O)c1CCO. The Morgan fingerprint density at radius 1 is 1.35 bits per heavy atom. The minimum Gasteiger partial charge on any atom is -0.453 e. The Kier molecular flexibility index (Phi) is 3.12. The molecule has 0 radical (unpaired) electrons. The molecule has 102 valence electrons. The number of aliphatic hydroxyl groups excluding tert-OH is 1. The van der Waals surface area contributed by atoms with Crippen LogP contribution in [0, 0.1) is 6.92 Å².